The summed E-state index contributed by atoms with van der Waals surface area (Å²) in [7, 11) is 0. The van der Waals surface area contributed by atoms with Crippen LogP contribution in [0.5, 0.6) is 0 Å². The molecular weight excluding hydrogens is 270 g/mol. The predicted molar refractivity (Wildman–Crippen MR) is 81.5 cm³/mol. The van der Waals surface area contributed by atoms with Crippen LogP contribution in [0.2, 0.25) is 0 Å². The van der Waals surface area contributed by atoms with Crippen LogP contribution < -0.4 is 10.6 Å². The number of nitrogens with one attached hydrogen (secondary N) is 2. The molecule has 104 valence electrons. The Morgan fingerprint density at radius 2 is 2.40 bits per heavy atom. The van der Waals surface area contributed by atoms with Crippen molar-refractivity contribution in [2.75, 3.05) is 18.4 Å². The number of hydrogen-bond donors (Lipinski definition) is 2. The fourth-order valence-corrected chi connectivity index (χ4v) is 3.11. The summed E-state index contributed by atoms with van der Waals surface area (Å²) in [5.41, 5.74) is 4.14. The summed E-state index contributed by atoms with van der Waals surface area (Å²) >= 11 is 1.64. The van der Waals surface area contributed by atoms with E-state index in [1.807, 2.05) is 30.5 Å². The third-order valence-corrected chi connectivity index (χ3v) is 4.40. The highest BCUT2D eigenvalue weighted by atomic mass is 32.1. The second kappa shape index (κ2) is 5.63. The molecule has 3 rings (SSSR count). The van der Waals surface area contributed by atoms with Gasteiger partial charge in [0, 0.05) is 41.8 Å². The van der Waals surface area contributed by atoms with Crippen LogP contribution in [-0.4, -0.2) is 24.0 Å². The fraction of sp³-hybridized carbons (Fsp3) is 0.333. The second-order valence-corrected chi connectivity index (χ2v) is 5.88. The number of thiazole rings is 1. The van der Waals surface area contributed by atoms with Gasteiger partial charge in [0.1, 0.15) is 0 Å². The molecule has 0 radical (unpaired) electrons. The third kappa shape index (κ3) is 2.82. The maximum atomic E-state index is 12.1. The zero-order valence-electron chi connectivity index (χ0n) is 11.4. The van der Waals surface area contributed by atoms with Gasteiger partial charge < -0.3 is 10.6 Å². The normalized spacial score (nSPS) is 12.8. The van der Waals surface area contributed by atoms with E-state index >= 15 is 0 Å². The highest BCUT2D eigenvalue weighted by molar-refractivity contribution is 7.09. The van der Waals surface area contributed by atoms with Crippen molar-refractivity contribution < 1.29 is 4.79 Å². The van der Waals surface area contributed by atoms with Gasteiger partial charge >= 0.3 is 0 Å². The molecule has 1 aromatic carbocycles. The molecule has 0 spiro atoms. The van der Waals surface area contributed by atoms with E-state index in [1.165, 1.54) is 5.56 Å². The first kappa shape index (κ1) is 13.1. The van der Waals surface area contributed by atoms with E-state index in [4.69, 9.17) is 0 Å². The van der Waals surface area contributed by atoms with E-state index in [1.54, 1.807) is 11.3 Å². The average Bonchev–Trinajstić information content (AvgIpc) is 3.06. The number of aromatic nitrogens is 1. The van der Waals surface area contributed by atoms with Crippen molar-refractivity contribution in [3.8, 4) is 0 Å². The molecule has 5 heteroatoms. The number of amides is 1. The molecule has 1 aliphatic heterocycles. The number of rotatable bonds is 4. The fourth-order valence-electron chi connectivity index (χ4n) is 2.33. The van der Waals surface area contributed by atoms with Gasteiger partial charge in [0.25, 0.3) is 5.91 Å². The first-order chi connectivity index (χ1) is 9.72. The smallest absolute Gasteiger partial charge is 0.251 e. The van der Waals surface area contributed by atoms with Crippen LogP contribution in [0.4, 0.5) is 5.69 Å². The lowest BCUT2D eigenvalue weighted by atomic mass is 10.1. The highest BCUT2D eigenvalue weighted by Crippen LogP contribution is 2.23. The molecule has 1 aliphatic rings. The van der Waals surface area contributed by atoms with Gasteiger partial charge in [0.15, 0.2) is 0 Å². The van der Waals surface area contributed by atoms with Crippen molar-refractivity contribution in [2.45, 2.75) is 19.8 Å². The second-order valence-electron chi connectivity index (χ2n) is 4.94. The zero-order chi connectivity index (χ0) is 13.9. The van der Waals surface area contributed by atoms with Gasteiger partial charge in [-0.3, -0.25) is 4.79 Å². The van der Waals surface area contributed by atoms with E-state index in [2.05, 4.69) is 15.6 Å². The van der Waals surface area contributed by atoms with Crippen LogP contribution in [0.3, 0.4) is 0 Å². The summed E-state index contributed by atoms with van der Waals surface area (Å²) in [4.78, 5) is 16.5. The molecule has 2 heterocycles. The molecule has 2 aromatic rings. The van der Waals surface area contributed by atoms with Crippen molar-refractivity contribution in [1.29, 1.82) is 0 Å². The van der Waals surface area contributed by atoms with Crippen LogP contribution in [0.15, 0.2) is 23.6 Å². The number of aryl methyl sites for hydroxylation is 1. The van der Waals surface area contributed by atoms with Gasteiger partial charge in [-0.05, 0) is 31.0 Å². The Balaban J connectivity index is 1.56. The number of carbonyl (C=O) groups is 1. The first-order valence-electron chi connectivity index (χ1n) is 6.78. The van der Waals surface area contributed by atoms with Gasteiger partial charge in [-0.1, -0.05) is 6.07 Å². The SMILES string of the molecule is Cc1csc(CCNC(=O)c2ccc3c(c2)NCC3)n1. The molecule has 0 saturated carbocycles. The lowest BCUT2D eigenvalue weighted by molar-refractivity contribution is 0.0954. The monoisotopic (exact) mass is 287 g/mol. The summed E-state index contributed by atoms with van der Waals surface area (Å²) in [6, 6.07) is 5.87. The number of fused-ring (bicyclic) bond motifs is 1. The van der Waals surface area contributed by atoms with Crippen LogP contribution in [0.25, 0.3) is 0 Å². The van der Waals surface area contributed by atoms with Crippen LogP contribution in [0.1, 0.15) is 26.6 Å². The minimum absolute atomic E-state index is 0.0187. The number of anilines is 1. The molecule has 0 unspecified atom stereocenters. The molecule has 20 heavy (non-hydrogen) atoms. The Bertz CT molecular complexity index is 636. The van der Waals surface area contributed by atoms with Gasteiger partial charge in [0.2, 0.25) is 0 Å². The molecule has 1 aromatic heterocycles. The summed E-state index contributed by atoms with van der Waals surface area (Å²) in [5.74, 6) is -0.0187. The van der Waals surface area contributed by atoms with E-state index < -0.39 is 0 Å². The van der Waals surface area contributed by atoms with Crippen LogP contribution in [0, 0.1) is 6.92 Å². The lowest BCUT2D eigenvalue weighted by Crippen LogP contribution is -2.25. The number of nitrogens with zero attached hydrogens (tertiary/aromatic N) is 1. The molecule has 0 atom stereocenters. The highest BCUT2D eigenvalue weighted by Gasteiger charge is 2.13. The Morgan fingerprint density at radius 1 is 1.50 bits per heavy atom. The van der Waals surface area contributed by atoms with Crippen molar-refractivity contribution in [1.82, 2.24) is 10.3 Å². The lowest BCUT2D eigenvalue weighted by Gasteiger charge is -2.06. The van der Waals surface area contributed by atoms with Crippen molar-refractivity contribution >= 4 is 22.9 Å². The van der Waals surface area contributed by atoms with Gasteiger partial charge in [0.05, 0.1) is 5.01 Å². The van der Waals surface area contributed by atoms with E-state index in [0.717, 1.165) is 35.8 Å². The quantitative estimate of drug-likeness (QED) is 0.908. The minimum atomic E-state index is -0.0187. The summed E-state index contributed by atoms with van der Waals surface area (Å²) < 4.78 is 0. The van der Waals surface area contributed by atoms with E-state index in [9.17, 15) is 4.79 Å². The number of hydrogen-bond acceptors (Lipinski definition) is 4. The molecule has 4 nitrogen and oxygen atoms in total. The van der Waals surface area contributed by atoms with Crippen molar-refractivity contribution in [3.63, 3.8) is 0 Å². The Morgan fingerprint density at radius 3 is 3.20 bits per heavy atom. The standard InChI is InChI=1S/C15H17N3OS/c1-10-9-20-14(18-10)5-7-17-15(19)12-3-2-11-4-6-16-13(11)8-12/h2-3,8-9,16H,4-7H2,1H3,(H,17,19). The average molecular weight is 287 g/mol. The summed E-state index contributed by atoms with van der Waals surface area (Å²) in [6.07, 6.45) is 1.83. The Hall–Kier alpha value is -1.88. The zero-order valence-corrected chi connectivity index (χ0v) is 12.2. The predicted octanol–water partition coefficient (Wildman–Crippen LogP) is 2.39. The molecule has 0 fully saturated rings. The van der Waals surface area contributed by atoms with Crippen molar-refractivity contribution in [3.05, 3.63) is 45.4 Å². The molecule has 0 aliphatic carbocycles. The number of carbonyl (C=O) groups excluding carboxylic acids is 1. The minimum Gasteiger partial charge on any atom is -0.384 e. The van der Waals surface area contributed by atoms with Gasteiger partial charge in [-0.15, -0.1) is 11.3 Å². The topological polar surface area (TPSA) is 54.0 Å². The molecule has 2 N–H and O–H groups in total. The maximum Gasteiger partial charge on any atom is 0.251 e. The van der Waals surface area contributed by atoms with Gasteiger partial charge in [-0.2, -0.15) is 0 Å². The number of benzene rings is 1. The van der Waals surface area contributed by atoms with Crippen molar-refractivity contribution in [2.24, 2.45) is 0 Å². The molecular formula is C15H17N3OS. The molecule has 0 bridgehead atoms. The summed E-state index contributed by atoms with van der Waals surface area (Å²) in [5, 5.41) is 9.34. The molecule has 1 amide bonds. The largest absolute Gasteiger partial charge is 0.384 e. The third-order valence-electron chi connectivity index (χ3n) is 3.37. The van der Waals surface area contributed by atoms with Crippen LogP contribution >= 0.6 is 11.3 Å². The van der Waals surface area contributed by atoms with E-state index in [-0.39, 0.29) is 5.91 Å². The van der Waals surface area contributed by atoms with Gasteiger partial charge in [-0.25, -0.2) is 4.98 Å². The Labute approximate surface area is 122 Å². The summed E-state index contributed by atoms with van der Waals surface area (Å²) in [6.45, 7) is 3.57. The Kier molecular flexibility index (Phi) is 3.69. The van der Waals surface area contributed by atoms with E-state index in [0.29, 0.717) is 12.1 Å². The first-order valence-corrected chi connectivity index (χ1v) is 7.66. The maximum absolute atomic E-state index is 12.1. The molecule has 0 saturated heterocycles. The van der Waals surface area contributed by atoms with Crippen LogP contribution in [-0.2, 0) is 12.8 Å².